The minimum absolute atomic E-state index is 0.0280. The van der Waals surface area contributed by atoms with Crippen LogP contribution < -0.4 is 16.0 Å². The lowest BCUT2D eigenvalue weighted by molar-refractivity contribution is -0.177. The molecule has 3 heterocycles. The van der Waals surface area contributed by atoms with Crippen LogP contribution in [0.15, 0.2) is 91.3 Å². The first kappa shape index (κ1) is 66.4. The van der Waals surface area contributed by atoms with Crippen molar-refractivity contribution < 1.29 is 53.0 Å². The Bertz CT molecular complexity index is 3050. The number of likely N-dealkylation sites (N-methyl/N-ethyl adjacent to an activating group) is 4. The summed E-state index contributed by atoms with van der Waals surface area (Å²) in [5.41, 5.74) is 1.04. The van der Waals surface area contributed by atoms with Crippen molar-refractivity contribution in [1.29, 1.82) is 0 Å². The van der Waals surface area contributed by atoms with Gasteiger partial charge in [0.2, 0.25) is 41.4 Å². The van der Waals surface area contributed by atoms with Crippen molar-refractivity contribution >= 4 is 64.0 Å². The lowest BCUT2D eigenvalue weighted by Gasteiger charge is -2.39. The van der Waals surface area contributed by atoms with Gasteiger partial charge >= 0.3 is 5.97 Å². The fourth-order valence-corrected chi connectivity index (χ4v) is 11.2. The van der Waals surface area contributed by atoms with Gasteiger partial charge in [-0.25, -0.2) is 4.79 Å². The molecule has 2 aliphatic heterocycles. The van der Waals surface area contributed by atoms with E-state index < -0.39 is 125 Å². The minimum Gasteiger partial charge on any atom is -0.450 e. The number of nitrogens with zero attached hydrogens (tertiary/aromatic N) is 6. The van der Waals surface area contributed by atoms with Crippen LogP contribution in [0.25, 0.3) is 21.9 Å². The fraction of sp³-hybridized carbons (Fsp3) is 0.538. The van der Waals surface area contributed by atoms with Crippen LogP contribution in [-0.4, -0.2) is 183 Å². The van der Waals surface area contributed by atoms with Gasteiger partial charge in [-0.2, -0.15) is 0 Å². The van der Waals surface area contributed by atoms with Crippen LogP contribution in [0, 0.1) is 17.8 Å². The molecule has 2 fully saturated rings. The van der Waals surface area contributed by atoms with Crippen LogP contribution in [-0.2, 0) is 60.7 Å². The van der Waals surface area contributed by atoms with Gasteiger partial charge in [-0.05, 0) is 87.3 Å². The molecule has 20 heteroatoms. The molecule has 20 nitrogen and oxygen atoms in total. The third kappa shape index (κ3) is 15.8. The van der Waals surface area contributed by atoms with Gasteiger partial charge in [0.05, 0.1) is 5.60 Å². The molecular weight excluding hydrogens is 1080 g/mol. The summed E-state index contributed by atoms with van der Waals surface area (Å²) >= 11 is 0. The van der Waals surface area contributed by atoms with Crippen molar-refractivity contribution in [3.05, 3.63) is 102 Å². The number of fused-ring (bicyclic) bond motifs is 2. The molecule has 2 saturated heterocycles. The number of cyclic esters (lactones) is 1. The summed E-state index contributed by atoms with van der Waals surface area (Å²) in [6.45, 7) is 16.5. The second-order valence-corrected chi connectivity index (χ2v) is 24.3. The lowest BCUT2D eigenvalue weighted by atomic mass is 9.94. The van der Waals surface area contributed by atoms with Crippen molar-refractivity contribution in [3.63, 3.8) is 0 Å². The van der Waals surface area contributed by atoms with Crippen LogP contribution >= 0.6 is 0 Å². The van der Waals surface area contributed by atoms with E-state index in [9.17, 15) is 38.7 Å². The Kier molecular flexibility index (Phi) is 22.6. The number of carbonyl (C=O) groups is 9. The quantitative estimate of drug-likeness (QED) is 0.132. The van der Waals surface area contributed by atoms with Gasteiger partial charge in [0, 0.05) is 76.8 Å². The van der Waals surface area contributed by atoms with Gasteiger partial charge in [-0.1, -0.05) is 127 Å². The molecule has 11 atom stereocenters. The van der Waals surface area contributed by atoms with E-state index in [1.807, 2.05) is 75.4 Å². The first-order valence-corrected chi connectivity index (χ1v) is 29.8. The van der Waals surface area contributed by atoms with E-state index in [0.29, 0.717) is 30.4 Å². The lowest BCUT2D eigenvalue weighted by Crippen LogP contribution is -2.62. The third-order valence-electron chi connectivity index (χ3n) is 17.2. The van der Waals surface area contributed by atoms with Gasteiger partial charge in [0.15, 0.2) is 12.1 Å². The normalized spacial score (nSPS) is 25.3. The molecule has 0 aliphatic carbocycles. The molecule has 2 aliphatic rings. The maximum Gasteiger partial charge on any atom is 0.332 e. The number of pyridine rings is 1. The molecular formula is C65H89N9O11. The number of rotatable bonds is 12. The van der Waals surface area contributed by atoms with Crippen LogP contribution in [0.4, 0.5) is 0 Å². The highest BCUT2D eigenvalue weighted by atomic mass is 16.6. The highest BCUT2D eigenvalue weighted by Gasteiger charge is 2.47. The Morgan fingerprint density at radius 2 is 1.22 bits per heavy atom. The average molecular weight is 1170 g/mol. The number of nitrogens with one attached hydrogen (secondary N) is 3. The molecule has 3 aromatic carbocycles. The molecule has 4 N–H and O–H groups in total. The molecule has 6 rings (SSSR count). The fourth-order valence-electron chi connectivity index (χ4n) is 11.2. The van der Waals surface area contributed by atoms with Gasteiger partial charge in [-0.3, -0.25) is 43.3 Å². The summed E-state index contributed by atoms with van der Waals surface area (Å²) in [5, 5.41) is 22.2. The largest absolute Gasteiger partial charge is 0.450 e. The number of benzene rings is 3. The maximum absolute atomic E-state index is 15.6. The van der Waals surface area contributed by atoms with Gasteiger partial charge in [0.25, 0.3) is 5.91 Å². The first-order chi connectivity index (χ1) is 40.1. The number of aliphatic hydroxyl groups is 1. The molecule has 460 valence electrons. The molecule has 0 bridgehead atoms. The Hall–Kier alpha value is -7.74. The van der Waals surface area contributed by atoms with Gasteiger partial charge < -0.3 is 50.3 Å². The zero-order valence-electron chi connectivity index (χ0n) is 52.0. The van der Waals surface area contributed by atoms with Crippen LogP contribution in [0.5, 0.6) is 0 Å². The third-order valence-corrected chi connectivity index (χ3v) is 17.2. The van der Waals surface area contributed by atoms with E-state index in [0.717, 1.165) is 31.7 Å². The summed E-state index contributed by atoms with van der Waals surface area (Å²) in [6.07, 6.45) is 3.46. The second-order valence-electron chi connectivity index (χ2n) is 24.3. The van der Waals surface area contributed by atoms with Crippen LogP contribution in [0.1, 0.15) is 112 Å². The van der Waals surface area contributed by atoms with Crippen LogP contribution in [0.2, 0.25) is 0 Å². The van der Waals surface area contributed by atoms with E-state index in [1.54, 1.807) is 57.4 Å². The predicted molar refractivity (Wildman–Crippen MR) is 324 cm³/mol. The highest BCUT2D eigenvalue weighted by molar-refractivity contribution is 6.00. The summed E-state index contributed by atoms with van der Waals surface area (Å²) in [6, 6.07) is 14.1. The predicted octanol–water partition coefficient (Wildman–Crippen LogP) is 5.31. The van der Waals surface area contributed by atoms with Crippen molar-refractivity contribution in [2.75, 3.05) is 34.7 Å². The number of ether oxygens (including phenoxy) is 1. The van der Waals surface area contributed by atoms with Crippen molar-refractivity contribution in [3.8, 4) is 11.1 Å². The topological polar surface area (TPSA) is 248 Å². The second kappa shape index (κ2) is 28.9. The van der Waals surface area contributed by atoms with Crippen LogP contribution in [0.3, 0.4) is 0 Å². The van der Waals surface area contributed by atoms with Gasteiger partial charge in [0.1, 0.15) is 42.3 Å². The van der Waals surface area contributed by atoms with E-state index in [1.165, 1.54) is 70.6 Å². The standard InChI is InChI=1S/C65H89N9O11/c1-15-39(5)53-62(81)70(11)41(7)56(75)67-49(32-38(3)4)60(79)73(14)55(65(9,10)84)64(83)85-54(40(6)16-2)63(82)71(12)42(8)57(76)68-50(34-43-24-18-17-19-25-43)59(78)72(13)52(61(80)74-31-23-30-51(74)58(77)69-53)35-44-26-22-28-45(33-44)48-37-66-36-46-27-20-21-29-47(46)48/h17-22,24-29,33,36-42,49-55,84H,15-16,23,30-32,34-35H2,1-14H3,(H,67,75)(H,68,76)(H,69,77)/t39?,40?,41-,42-,49?,50?,51?,52-,53?,54+,55?/m0/s1. The van der Waals surface area contributed by atoms with E-state index in [-0.39, 0.29) is 38.1 Å². The maximum atomic E-state index is 15.6. The number of esters is 1. The number of hydrogen-bond acceptors (Lipinski definition) is 12. The monoisotopic (exact) mass is 1170 g/mol. The molecule has 4 aromatic rings. The molecule has 1 aromatic heterocycles. The van der Waals surface area contributed by atoms with Crippen molar-refractivity contribution in [1.82, 2.24) is 45.4 Å². The summed E-state index contributed by atoms with van der Waals surface area (Å²) in [4.78, 5) is 144. The smallest absolute Gasteiger partial charge is 0.332 e. The number of hydrogen-bond donors (Lipinski definition) is 4. The first-order valence-electron chi connectivity index (χ1n) is 29.8. The Balaban J connectivity index is 1.48. The molecule has 8 amide bonds. The molecule has 0 saturated carbocycles. The molecule has 85 heavy (non-hydrogen) atoms. The SMILES string of the molecule is CCC(C)C1NC(=O)C2CCCN2C(=O)[C@H](Cc2cccc(-c3cncc4ccccc34)c2)N(C)C(=O)C(Cc2ccccc2)NC(=O)[C@H](C)N(C)C(=O)[C@@H](C(C)CC)OC(=O)C(C(C)(C)O)N(C)C(=O)C(CC(C)C)NC(=O)[C@H](C)N(C)C1=O. The molecule has 0 spiro atoms. The average Bonchev–Trinajstić information content (AvgIpc) is 3.40. The Labute approximate surface area is 500 Å². The van der Waals surface area contributed by atoms with E-state index in [2.05, 4.69) is 20.9 Å². The summed E-state index contributed by atoms with van der Waals surface area (Å²) in [7, 11) is 5.56. The molecule has 0 radical (unpaired) electrons. The molecule has 7 unspecified atom stereocenters. The van der Waals surface area contributed by atoms with E-state index in [4.69, 9.17) is 4.74 Å². The number of aromatic nitrogens is 1. The Morgan fingerprint density at radius 3 is 1.85 bits per heavy atom. The summed E-state index contributed by atoms with van der Waals surface area (Å²) in [5.74, 6) is -7.84. The number of carbonyl (C=O) groups excluding carboxylic acids is 9. The van der Waals surface area contributed by atoms with Crippen molar-refractivity contribution in [2.24, 2.45) is 17.8 Å². The van der Waals surface area contributed by atoms with Gasteiger partial charge in [-0.15, -0.1) is 0 Å². The zero-order chi connectivity index (χ0) is 62.8. The Morgan fingerprint density at radius 1 is 0.635 bits per heavy atom. The number of amides is 8. The van der Waals surface area contributed by atoms with Crippen molar-refractivity contribution in [2.45, 2.75) is 174 Å². The highest BCUT2D eigenvalue weighted by Crippen LogP contribution is 2.31. The zero-order valence-corrected chi connectivity index (χ0v) is 52.0. The minimum atomic E-state index is -1.97. The van der Waals surface area contributed by atoms with E-state index >= 15 is 9.59 Å². The summed E-state index contributed by atoms with van der Waals surface area (Å²) < 4.78 is 6.03.